The fraction of sp³-hybridized carbons (Fsp3) is 0.333. The molecule has 0 radical (unpaired) electrons. The number of hydrogen-bond donors (Lipinski definition) is 6. The highest BCUT2D eigenvalue weighted by molar-refractivity contribution is 5.95. The van der Waals surface area contributed by atoms with Crippen molar-refractivity contribution in [2.45, 2.75) is 50.7 Å². The van der Waals surface area contributed by atoms with E-state index < -0.39 is 29.9 Å². The zero-order valence-corrected chi connectivity index (χ0v) is 18.4. The Labute approximate surface area is 193 Å². The summed E-state index contributed by atoms with van der Waals surface area (Å²) in [6.45, 7) is 0.211. The van der Waals surface area contributed by atoms with Crippen LogP contribution in [0.15, 0.2) is 54.6 Å². The monoisotopic (exact) mass is 453 g/mol. The number of nitrogens with one attached hydrogen (secondary N) is 3. The predicted molar refractivity (Wildman–Crippen MR) is 125 cm³/mol. The maximum absolute atomic E-state index is 12.7. The molecule has 0 saturated carbocycles. The summed E-state index contributed by atoms with van der Waals surface area (Å²) in [4.78, 5) is 36.2. The van der Waals surface area contributed by atoms with Gasteiger partial charge in [0.25, 0.3) is 0 Å². The normalized spacial score (nSPS) is 12.4. The predicted octanol–water partition coefficient (Wildman–Crippen LogP) is 1.29. The van der Waals surface area contributed by atoms with E-state index in [4.69, 9.17) is 22.0 Å². The van der Waals surface area contributed by atoms with Crippen molar-refractivity contribution in [1.29, 1.82) is 5.41 Å². The Balaban J connectivity index is 1.93. The third-order valence-corrected chi connectivity index (χ3v) is 5.17. The summed E-state index contributed by atoms with van der Waals surface area (Å²) in [7, 11) is 0. The van der Waals surface area contributed by atoms with Gasteiger partial charge in [0.05, 0.1) is 6.04 Å². The second-order valence-electron chi connectivity index (χ2n) is 7.81. The van der Waals surface area contributed by atoms with Gasteiger partial charge in [-0.2, -0.15) is 0 Å². The average molecular weight is 454 g/mol. The van der Waals surface area contributed by atoms with Crippen molar-refractivity contribution >= 4 is 23.6 Å². The molecular weight excluding hydrogens is 422 g/mol. The molecule has 2 rings (SSSR count). The summed E-state index contributed by atoms with van der Waals surface area (Å²) < 4.78 is 0. The van der Waals surface area contributed by atoms with Gasteiger partial charge >= 0.3 is 5.97 Å². The summed E-state index contributed by atoms with van der Waals surface area (Å²) in [5.74, 6) is -1.88. The van der Waals surface area contributed by atoms with E-state index >= 15 is 0 Å². The van der Waals surface area contributed by atoms with Gasteiger partial charge in [0.1, 0.15) is 11.9 Å². The molecule has 2 atom stereocenters. The van der Waals surface area contributed by atoms with Crippen LogP contribution in [0.4, 0.5) is 0 Å². The molecule has 0 saturated heterocycles. The first-order chi connectivity index (χ1) is 15.8. The molecule has 2 aromatic rings. The van der Waals surface area contributed by atoms with Gasteiger partial charge in [0, 0.05) is 18.5 Å². The van der Waals surface area contributed by atoms with Crippen LogP contribution in [0, 0.1) is 5.41 Å². The number of rotatable bonds is 13. The van der Waals surface area contributed by atoms with Crippen LogP contribution in [0.3, 0.4) is 0 Å². The molecule has 8 N–H and O–H groups in total. The lowest BCUT2D eigenvalue weighted by molar-refractivity contribution is -0.137. The molecule has 9 heteroatoms. The Morgan fingerprint density at radius 3 is 2.21 bits per heavy atom. The van der Waals surface area contributed by atoms with Gasteiger partial charge in [-0.25, -0.2) is 0 Å². The minimum Gasteiger partial charge on any atom is -0.481 e. The van der Waals surface area contributed by atoms with Crippen molar-refractivity contribution in [3.63, 3.8) is 0 Å². The van der Waals surface area contributed by atoms with Crippen molar-refractivity contribution < 1.29 is 19.5 Å². The molecule has 0 fully saturated rings. The van der Waals surface area contributed by atoms with Crippen LogP contribution in [-0.2, 0) is 27.3 Å². The molecule has 176 valence electrons. The van der Waals surface area contributed by atoms with Gasteiger partial charge < -0.3 is 27.2 Å². The first kappa shape index (κ1) is 25.5. The number of aliphatic carboxylic acids is 1. The van der Waals surface area contributed by atoms with Crippen LogP contribution in [-0.4, -0.2) is 40.8 Å². The fourth-order valence-corrected chi connectivity index (χ4v) is 3.22. The van der Waals surface area contributed by atoms with Crippen LogP contribution in [0.25, 0.3) is 0 Å². The van der Waals surface area contributed by atoms with E-state index in [1.807, 2.05) is 30.3 Å². The molecule has 33 heavy (non-hydrogen) atoms. The van der Waals surface area contributed by atoms with E-state index in [0.29, 0.717) is 18.4 Å². The second kappa shape index (κ2) is 13.0. The number of hydrogen-bond acceptors (Lipinski definition) is 5. The SMILES string of the molecule is N=C(N)c1ccc(CNC(=O)[C@H](CCCC(=O)O)NC(=O)[C@H](N)CCc2ccccc2)cc1. The highest BCUT2D eigenvalue weighted by Gasteiger charge is 2.23. The fourth-order valence-electron chi connectivity index (χ4n) is 3.22. The summed E-state index contributed by atoms with van der Waals surface area (Å²) in [6, 6.07) is 14.8. The second-order valence-corrected chi connectivity index (χ2v) is 7.81. The molecule has 0 heterocycles. The lowest BCUT2D eigenvalue weighted by atomic mass is 10.0. The number of nitrogen functional groups attached to an aromatic ring is 1. The number of aryl methyl sites for hydroxylation is 1. The standard InChI is InChI=1S/C24H31N5O4/c25-19(14-11-16-5-2-1-3-6-16)23(32)29-20(7-4-8-21(30)31)24(33)28-15-17-9-12-18(13-10-17)22(26)27/h1-3,5-6,9-10,12-13,19-20H,4,7-8,11,14-15,25H2,(H3,26,27)(H,28,33)(H,29,32)(H,30,31)/t19-,20+/m1/s1. The topological polar surface area (TPSA) is 171 Å². The van der Waals surface area contributed by atoms with Gasteiger partial charge in [-0.1, -0.05) is 54.6 Å². The average Bonchev–Trinajstić information content (AvgIpc) is 2.80. The summed E-state index contributed by atoms with van der Waals surface area (Å²) in [5.41, 5.74) is 13.9. The highest BCUT2D eigenvalue weighted by Crippen LogP contribution is 2.08. The quantitative estimate of drug-likeness (QED) is 0.197. The number of amides is 2. The lowest BCUT2D eigenvalue weighted by Crippen LogP contribution is -2.51. The van der Waals surface area contributed by atoms with E-state index in [9.17, 15) is 14.4 Å². The van der Waals surface area contributed by atoms with Gasteiger partial charge in [-0.15, -0.1) is 0 Å². The number of carboxylic acid groups (broad SMARTS) is 1. The van der Waals surface area contributed by atoms with Crippen LogP contribution in [0.2, 0.25) is 0 Å². The Bertz CT molecular complexity index is 947. The first-order valence-electron chi connectivity index (χ1n) is 10.8. The first-order valence-corrected chi connectivity index (χ1v) is 10.8. The Morgan fingerprint density at radius 1 is 0.939 bits per heavy atom. The van der Waals surface area contributed by atoms with Crippen LogP contribution in [0.1, 0.15) is 42.4 Å². The van der Waals surface area contributed by atoms with Crippen LogP contribution in [0.5, 0.6) is 0 Å². The highest BCUT2D eigenvalue weighted by atomic mass is 16.4. The van der Waals surface area contributed by atoms with Gasteiger partial charge in [-0.05, 0) is 36.8 Å². The lowest BCUT2D eigenvalue weighted by Gasteiger charge is -2.21. The Morgan fingerprint density at radius 2 is 1.61 bits per heavy atom. The molecule has 0 aliphatic carbocycles. The van der Waals surface area contributed by atoms with Gasteiger partial charge in [0.2, 0.25) is 11.8 Å². The minimum atomic E-state index is -0.967. The summed E-state index contributed by atoms with van der Waals surface area (Å²) in [5, 5.41) is 21.8. The van der Waals surface area contributed by atoms with Crippen molar-refractivity contribution in [3.8, 4) is 0 Å². The number of carboxylic acids is 1. The largest absolute Gasteiger partial charge is 0.481 e. The molecule has 0 spiro atoms. The number of carbonyl (C=O) groups excluding carboxylic acids is 2. The van der Waals surface area contributed by atoms with Gasteiger partial charge in [-0.3, -0.25) is 19.8 Å². The van der Waals surface area contributed by atoms with Crippen molar-refractivity contribution in [2.24, 2.45) is 11.5 Å². The Kier molecular flexibility index (Phi) is 10.0. The smallest absolute Gasteiger partial charge is 0.303 e. The number of amidine groups is 1. The number of nitrogens with two attached hydrogens (primary N) is 2. The maximum atomic E-state index is 12.7. The van der Waals surface area contributed by atoms with E-state index in [0.717, 1.165) is 11.1 Å². The van der Waals surface area contributed by atoms with Crippen molar-refractivity contribution in [1.82, 2.24) is 10.6 Å². The van der Waals surface area contributed by atoms with E-state index in [2.05, 4.69) is 10.6 Å². The van der Waals surface area contributed by atoms with E-state index in [1.54, 1.807) is 24.3 Å². The van der Waals surface area contributed by atoms with E-state index in [-0.39, 0.29) is 31.6 Å². The molecule has 2 aromatic carbocycles. The summed E-state index contributed by atoms with van der Waals surface area (Å²) >= 11 is 0. The molecule has 0 aromatic heterocycles. The van der Waals surface area contributed by atoms with Gasteiger partial charge in [0.15, 0.2) is 0 Å². The molecule has 0 aliphatic heterocycles. The third-order valence-electron chi connectivity index (χ3n) is 5.17. The Hall–Kier alpha value is -3.72. The molecule has 2 amide bonds. The molecule has 0 unspecified atom stereocenters. The molecule has 0 bridgehead atoms. The molecule has 9 nitrogen and oxygen atoms in total. The molecular formula is C24H31N5O4. The minimum absolute atomic E-state index is 0.0459. The number of benzene rings is 2. The van der Waals surface area contributed by atoms with Crippen LogP contribution >= 0.6 is 0 Å². The van der Waals surface area contributed by atoms with E-state index in [1.165, 1.54) is 0 Å². The number of carbonyl (C=O) groups is 3. The van der Waals surface area contributed by atoms with Crippen molar-refractivity contribution in [2.75, 3.05) is 0 Å². The van der Waals surface area contributed by atoms with Crippen LogP contribution < -0.4 is 22.1 Å². The maximum Gasteiger partial charge on any atom is 0.303 e. The zero-order valence-electron chi connectivity index (χ0n) is 18.4. The zero-order chi connectivity index (χ0) is 24.2. The summed E-state index contributed by atoms with van der Waals surface area (Å²) in [6.07, 6.45) is 1.36. The third kappa shape index (κ3) is 9.12. The van der Waals surface area contributed by atoms with Crippen molar-refractivity contribution in [3.05, 3.63) is 71.3 Å². The molecule has 0 aliphatic rings.